The molecule has 1 atom stereocenters. The molecule has 22 heavy (non-hydrogen) atoms. The smallest absolute Gasteiger partial charge is 0.222 e. The first-order valence-corrected chi connectivity index (χ1v) is 7.13. The Labute approximate surface area is 129 Å². The fraction of sp³-hybridized carbons (Fsp3) is 0.111. The topological polar surface area (TPSA) is 61.0 Å². The largest absolute Gasteiger partial charge is 0.439 e. The third-order valence-electron chi connectivity index (χ3n) is 3.32. The van der Waals surface area contributed by atoms with Gasteiger partial charge < -0.3 is 10.5 Å². The molecule has 4 heteroatoms. The lowest BCUT2D eigenvalue weighted by Crippen LogP contribution is -2.04. The summed E-state index contributed by atoms with van der Waals surface area (Å²) in [5, 5.41) is 0. The predicted molar refractivity (Wildman–Crippen MR) is 86.6 cm³/mol. The molecule has 0 radical (unpaired) electrons. The zero-order chi connectivity index (χ0) is 15.4. The molecule has 1 aromatic heterocycles. The number of benzene rings is 2. The van der Waals surface area contributed by atoms with E-state index >= 15 is 0 Å². The molecule has 0 fully saturated rings. The van der Waals surface area contributed by atoms with Gasteiger partial charge in [0.1, 0.15) is 12.1 Å². The van der Waals surface area contributed by atoms with Gasteiger partial charge in [-0.1, -0.05) is 42.5 Å². The van der Waals surface area contributed by atoms with Crippen LogP contribution in [0.1, 0.15) is 18.5 Å². The summed E-state index contributed by atoms with van der Waals surface area (Å²) in [5.74, 6) is 1.23. The van der Waals surface area contributed by atoms with E-state index in [0.717, 1.165) is 16.8 Å². The van der Waals surface area contributed by atoms with E-state index < -0.39 is 0 Å². The molecule has 3 aromatic rings. The molecule has 110 valence electrons. The number of hydrogen-bond donors (Lipinski definition) is 1. The first kappa shape index (κ1) is 14.2. The number of rotatable bonds is 4. The molecule has 1 unspecified atom stereocenters. The van der Waals surface area contributed by atoms with Gasteiger partial charge in [0.25, 0.3) is 0 Å². The van der Waals surface area contributed by atoms with Gasteiger partial charge in [-0.3, -0.25) is 0 Å². The molecule has 0 saturated heterocycles. The Hall–Kier alpha value is -2.72. The molecule has 0 spiro atoms. The summed E-state index contributed by atoms with van der Waals surface area (Å²) in [4.78, 5) is 8.46. The van der Waals surface area contributed by atoms with E-state index in [-0.39, 0.29) is 6.04 Å². The summed E-state index contributed by atoms with van der Waals surface area (Å²) in [7, 11) is 0. The highest BCUT2D eigenvalue weighted by atomic mass is 16.5. The van der Waals surface area contributed by atoms with Crippen molar-refractivity contribution >= 4 is 0 Å². The van der Waals surface area contributed by atoms with Crippen molar-refractivity contribution in [2.45, 2.75) is 13.0 Å². The minimum atomic E-state index is -0.0335. The third-order valence-corrected chi connectivity index (χ3v) is 3.32. The minimum absolute atomic E-state index is 0.0335. The molecule has 2 N–H and O–H groups in total. The zero-order valence-electron chi connectivity index (χ0n) is 12.3. The van der Waals surface area contributed by atoms with Gasteiger partial charge in [-0.25, -0.2) is 9.97 Å². The van der Waals surface area contributed by atoms with E-state index in [4.69, 9.17) is 10.5 Å². The summed E-state index contributed by atoms with van der Waals surface area (Å²) in [6.45, 7) is 1.94. The van der Waals surface area contributed by atoms with Crippen LogP contribution in [0.4, 0.5) is 0 Å². The standard InChI is InChI=1S/C18H17N3O/c1-13(19)15-8-5-9-16(10-15)22-18-11-17(20-12-21-18)14-6-3-2-4-7-14/h2-13H,19H2,1H3. The molecule has 4 nitrogen and oxygen atoms in total. The second kappa shape index (κ2) is 6.37. The van der Waals surface area contributed by atoms with Crippen molar-refractivity contribution in [3.63, 3.8) is 0 Å². The van der Waals surface area contributed by atoms with Gasteiger partial charge in [-0.2, -0.15) is 0 Å². The molecule has 3 rings (SSSR count). The SMILES string of the molecule is CC(N)c1cccc(Oc2cc(-c3ccccc3)ncn2)c1. The lowest BCUT2D eigenvalue weighted by Gasteiger charge is -2.09. The van der Waals surface area contributed by atoms with Crippen LogP contribution in [0.3, 0.4) is 0 Å². The molecule has 0 amide bonds. The highest BCUT2D eigenvalue weighted by Gasteiger charge is 2.05. The first-order chi connectivity index (χ1) is 10.7. The normalized spacial score (nSPS) is 11.9. The molecule has 0 aliphatic heterocycles. The number of ether oxygens (including phenoxy) is 1. The van der Waals surface area contributed by atoms with Crippen molar-refractivity contribution in [3.05, 3.63) is 72.6 Å². The van der Waals surface area contributed by atoms with Gasteiger partial charge in [-0.15, -0.1) is 0 Å². The maximum Gasteiger partial charge on any atom is 0.222 e. The van der Waals surface area contributed by atoms with Crippen LogP contribution in [0.25, 0.3) is 11.3 Å². The molecular formula is C18H17N3O. The molecule has 0 aliphatic carbocycles. The quantitative estimate of drug-likeness (QED) is 0.790. The lowest BCUT2D eigenvalue weighted by molar-refractivity contribution is 0.461. The van der Waals surface area contributed by atoms with Crippen molar-refractivity contribution in [3.8, 4) is 22.9 Å². The molecule has 2 aromatic carbocycles. The van der Waals surface area contributed by atoms with Crippen LogP contribution >= 0.6 is 0 Å². The summed E-state index contributed by atoms with van der Waals surface area (Å²) in [6, 6.07) is 19.4. The van der Waals surface area contributed by atoms with Crippen LogP contribution in [-0.2, 0) is 0 Å². The Balaban J connectivity index is 1.86. The second-order valence-electron chi connectivity index (χ2n) is 5.07. The summed E-state index contributed by atoms with van der Waals surface area (Å²) >= 11 is 0. The van der Waals surface area contributed by atoms with Crippen LogP contribution in [0.5, 0.6) is 11.6 Å². The van der Waals surface area contributed by atoms with Crippen LogP contribution in [0.15, 0.2) is 67.0 Å². The van der Waals surface area contributed by atoms with Crippen molar-refractivity contribution < 1.29 is 4.74 Å². The van der Waals surface area contributed by atoms with E-state index in [9.17, 15) is 0 Å². The Bertz CT molecular complexity index is 757. The molecule has 0 bridgehead atoms. The molecular weight excluding hydrogens is 274 g/mol. The Morgan fingerprint density at radius 2 is 1.77 bits per heavy atom. The first-order valence-electron chi connectivity index (χ1n) is 7.13. The number of aromatic nitrogens is 2. The van der Waals surface area contributed by atoms with Gasteiger partial charge in [-0.05, 0) is 24.6 Å². The van der Waals surface area contributed by atoms with Crippen molar-refractivity contribution in [2.24, 2.45) is 5.73 Å². The van der Waals surface area contributed by atoms with Gasteiger partial charge in [0.2, 0.25) is 5.88 Å². The van der Waals surface area contributed by atoms with Crippen LogP contribution in [0, 0.1) is 0 Å². The summed E-state index contributed by atoms with van der Waals surface area (Å²) in [5.41, 5.74) is 8.77. The fourth-order valence-corrected chi connectivity index (χ4v) is 2.14. The average Bonchev–Trinajstić information content (AvgIpc) is 2.56. The second-order valence-corrected chi connectivity index (χ2v) is 5.07. The minimum Gasteiger partial charge on any atom is -0.439 e. The zero-order valence-corrected chi connectivity index (χ0v) is 12.3. The Morgan fingerprint density at radius 3 is 2.55 bits per heavy atom. The van der Waals surface area contributed by atoms with Gasteiger partial charge in [0.05, 0.1) is 5.69 Å². The lowest BCUT2D eigenvalue weighted by atomic mass is 10.1. The van der Waals surface area contributed by atoms with Crippen molar-refractivity contribution in [1.82, 2.24) is 9.97 Å². The number of nitrogens with zero attached hydrogens (tertiary/aromatic N) is 2. The summed E-state index contributed by atoms with van der Waals surface area (Å²) < 4.78 is 5.82. The molecule has 0 saturated carbocycles. The Kier molecular flexibility index (Phi) is 4.12. The number of hydrogen-bond acceptors (Lipinski definition) is 4. The average molecular weight is 291 g/mol. The van der Waals surface area contributed by atoms with Crippen LogP contribution in [0.2, 0.25) is 0 Å². The van der Waals surface area contributed by atoms with Crippen molar-refractivity contribution in [1.29, 1.82) is 0 Å². The van der Waals surface area contributed by atoms with Gasteiger partial charge in [0.15, 0.2) is 0 Å². The van der Waals surface area contributed by atoms with Crippen LogP contribution in [-0.4, -0.2) is 9.97 Å². The van der Waals surface area contributed by atoms with Gasteiger partial charge >= 0.3 is 0 Å². The Morgan fingerprint density at radius 1 is 0.955 bits per heavy atom. The van der Waals surface area contributed by atoms with E-state index in [2.05, 4.69) is 9.97 Å². The van der Waals surface area contributed by atoms with E-state index in [1.54, 1.807) is 0 Å². The van der Waals surface area contributed by atoms with Crippen LogP contribution < -0.4 is 10.5 Å². The highest BCUT2D eigenvalue weighted by Crippen LogP contribution is 2.25. The third kappa shape index (κ3) is 3.30. The maximum atomic E-state index is 5.89. The van der Waals surface area contributed by atoms with E-state index in [1.807, 2.05) is 67.6 Å². The fourth-order valence-electron chi connectivity index (χ4n) is 2.14. The highest BCUT2D eigenvalue weighted by molar-refractivity contribution is 5.59. The monoisotopic (exact) mass is 291 g/mol. The predicted octanol–water partition coefficient (Wildman–Crippen LogP) is 3.96. The maximum absolute atomic E-state index is 5.89. The van der Waals surface area contributed by atoms with E-state index in [0.29, 0.717) is 11.6 Å². The molecule has 1 heterocycles. The van der Waals surface area contributed by atoms with E-state index in [1.165, 1.54) is 6.33 Å². The summed E-state index contributed by atoms with van der Waals surface area (Å²) in [6.07, 6.45) is 1.51. The number of nitrogens with two attached hydrogens (primary N) is 1. The molecule has 0 aliphatic rings. The van der Waals surface area contributed by atoms with Crippen molar-refractivity contribution in [2.75, 3.05) is 0 Å². The van der Waals surface area contributed by atoms with Gasteiger partial charge in [0, 0.05) is 17.7 Å².